The lowest BCUT2D eigenvalue weighted by Gasteiger charge is -2.18. The number of amides is 1. The van der Waals surface area contributed by atoms with Crippen LogP contribution in [0.3, 0.4) is 0 Å². The molecule has 0 saturated heterocycles. The molecule has 5 nitrogen and oxygen atoms in total. The van der Waals surface area contributed by atoms with Gasteiger partial charge in [0.25, 0.3) is 0 Å². The molecule has 0 aliphatic carbocycles. The van der Waals surface area contributed by atoms with Crippen molar-refractivity contribution in [2.75, 3.05) is 26.2 Å². The van der Waals surface area contributed by atoms with Gasteiger partial charge in [0.1, 0.15) is 0 Å². The van der Waals surface area contributed by atoms with Crippen molar-refractivity contribution in [3.05, 3.63) is 0 Å². The van der Waals surface area contributed by atoms with Crippen molar-refractivity contribution in [1.82, 2.24) is 10.2 Å². The Morgan fingerprint density at radius 2 is 1.75 bits per heavy atom. The molecule has 0 rings (SSSR count). The molecule has 1 amide bonds. The van der Waals surface area contributed by atoms with Crippen LogP contribution < -0.4 is 5.32 Å². The van der Waals surface area contributed by atoms with Gasteiger partial charge in [-0.2, -0.15) is 0 Å². The number of carbonyl (C=O) groups excluding carboxylic acids is 1. The standard InChI is InChI=1S/C15H30N2O3/c1-4-17(5-2)14(18)7-6-11-16-12-10-13(3)8-9-15(19)20/h13,16H,4-12H2,1-3H3,(H,19,20). The van der Waals surface area contributed by atoms with Crippen LogP contribution in [0.4, 0.5) is 0 Å². The first-order valence-corrected chi connectivity index (χ1v) is 7.71. The summed E-state index contributed by atoms with van der Waals surface area (Å²) in [5.41, 5.74) is 0. The molecule has 0 aromatic heterocycles. The van der Waals surface area contributed by atoms with E-state index in [4.69, 9.17) is 5.11 Å². The average molecular weight is 286 g/mol. The molecule has 0 aromatic carbocycles. The lowest BCUT2D eigenvalue weighted by atomic mass is 10.0. The minimum Gasteiger partial charge on any atom is -0.481 e. The van der Waals surface area contributed by atoms with Crippen molar-refractivity contribution in [3.8, 4) is 0 Å². The zero-order chi connectivity index (χ0) is 15.4. The third kappa shape index (κ3) is 9.78. The number of carboxylic acids is 1. The lowest BCUT2D eigenvalue weighted by molar-refractivity contribution is -0.137. The van der Waals surface area contributed by atoms with Crippen LogP contribution in [0.1, 0.15) is 52.9 Å². The first-order chi connectivity index (χ1) is 9.51. The van der Waals surface area contributed by atoms with Gasteiger partial charge in [-0.05, 0) is 52.1 Å². The lowest BCUT2D eigenvalue weighted by Crippen LogP contribution is -2.31. The molecule has 0 fully saturated rings. The fourth-order valence-electron chi connectivity index (χ4n) is 2.09. The van der Waals surface area contributed by atoms with Gasteiger partial charge in [0, 0.05) is 25.9 Å². The molecule has 2 N–H and O–H groups in total. The van der Waals surface area contributed by atoms with Crippen molar-refractivity contribution in [2.24, 2.45) is 5.92 Å². The maximum Gasteiger partial charge on any atom is 0.303 e. The van der Waals surface area contributed by atoms with E-state index in [1.165, 1.54) is 0 Å². The summed E-state index contributed by atoms with van der Waals surface area (Å²) in [6, 6.07) is 0. The van der Waals surface area contributed by atoms with Crippen LogP contribution in [-0.4, -0.2) is 48.1 Å². The summed E-state index contributed by atoms with van der Waals surface area (Å²) < 4.78 is 0. The molecule has 0 heterocycles. The number of carboxylic acid groups (broad SMARTS) is 1. The molecule has 0 aliphatic heterocycles. The summed E-state index contributed by atoms with van der Waals surface area (Å²) >= 11 is 0. The van der Waals surface area contributed by atoms with Gasteiger partial charge in [-0.25, -0.2) is 0 Å². The number of hydrogen-bond acceptors (Lipinski definition) is 3. The van der Waals surface area contributed by atoms with E-state index < -0.39 is 5.97 Å². The van der Waals surface area contributed by atoms with E-state index in [2.05, 4.69) is 12.2 Å². The molecule has 0 aliphatic rings. The zero-order valence-corrected chi connectivity index (χ0v) is 13.2. The second kappa shape index (κ2) is 11.7. The number of nitrogens with one attached hydrogen (secondary N) is 1. The number of carbonyl (C=O) groups is 2. The molecule has 0 radical (unpaired) electrons. The topological polar surface area (TPSA) is 69.6 Å². The number of aliphatic carboxylic acids is 1. The minimum atomic E-state index is -0.722. The molecule has 0 aromatic rings. The molecule has 0 saturated carbocycles. The maximum atomic E-state index is 11.7. The Morgan fingerprint density at radius 3 is 2.30 bits per heavy atom. The number of hydrogen-bond donors (Lipinski definition) is 2. The fourth-order valence-corrected chi connectivity index (χ4v) is 2.09. The Morgan fingerprint density at radius 1 is 1.10 bits per heavy atom. The molecule has 1 atom stereocenters. The van der Waals surface area contributed by atoms with E-state index in [-0.39, 0.29) is 12.3 Å². The summed E-state index contributed by atoms with van der Waals surface area (Å²) in [7, 11) is 0. The largest absolute Gasteiger partial charge is 0.481 e. The van der Waals surface area contributed by atoms with Crippen LogP contribution in [-0.2, 0) is 9.59 Å². The highest BCUT2D eigenvalue weighted by Crippen LogP contribution is 2.09. The van der Waals surface area contributed by atoms with Gasteiger partial charge < -0.3 is 15.3 Å². The van der Waals surface area contributed by atoms with E-state index in [0.29, 0.717) is 12.3 Å². The van der Waals surface area contributed by atoms with E-state index in [1.54, 1.807) is 0 Å². The highest BCUT2D eigenvalue weighted by Gasteiger charge is 2.08. The fraction of sp³-hybridized carbons (Fsp3) is 0.867. The first-order valence-electron chi connectivity index (χ1n) is 7.71. The SMILES string of the molecule is CCN(CC)C(=O)CCCNCCC(C)CCC(=O)O. The number of rotatable bonds is 12. The quantitative estimate of drug-likeness (QED) is 0.539. The average Bonchev–Trinajstić information content (AvgIpc) is 2.41. The zero-order valence-electron chi connectivity index (χ0n) is 13.2. The molecule has 1 unspecified atom stereocenters. The van der Waals surface area contributed by atoms with Crippen molar-refractivity contribution in [2.45, 2.75) is 52.9 Å². The van der Waals surface area contributed by atoms with E-state index in [1.807, 2.05) is 18.7 Å². The maximum absolute atomic E-state index is 11.7. The second-order valence-electron chi connectivity index (χ2n) is 5.25. The minimum absolute atomic E-state index is 0.228. The van der Waals surface area contributed by atoms with Crippen molar-refractivity contribution >= 4 is 11.9 Å². The Bertz CT molecular complexity index is 278. The van der Waals surface area contributed by atoms with Crippen LogP contribution in [0.25, 0.3) is 0 Å². The third-order valence-electron chi connectivity index (χ3n) is 3.53. The van der Waals surface area contributed by atoms with E-state index in [9.17, 15) is 9.59 Å². The summed E-state index contributed by atoms with van der Waals surface area (Å²) in [5, 5.41) is 11.9. The van der Waals surface area contributed by atoms with Crippen molar-refractivity contribution < 1.29 is 14.7 Å². The van der Waals surface area contributed by atoms with Crippen molar-refractivity contribution in [3.63, 3.8) is 0 Å². The summed E-state index contributed by atoms with van der Waals surface area (Å²) in [5.74, 6) is -0.0674. The summed E-state index contributed by atoms with van der Waals surface area (Å²) in [6.45, 7) is 9.37. The van der Waals surface area contributed by atoms with Gasteiger partial charge in [-0.15, -0.1) is 0 Å². The predicted molar refractivity (Wildman–Crippen MR) is 80.7 cm³/mol. The van der Waals surface area contributed by atoms with E-state index >= 15 is 0 Å². The van der Waals surface area contributed by atoms with Crippen LogP contribution in [0.2, 0.25) is 0 Å². The highest BCUT2D eigenvalue weighted by atomic mass is 16.4. The molecule has 0 bridgehead atoms. The normalized spacial score (nSPS) is 12.2. The smallest absolute Gasteiger partial charge is 0.303 e. The molecule has 5 heteroatoms. The Hall–Kier alpha value is -1.10. The van der Waals surface area contributed by atoms with E-state index in [0.717, 1.165) is 45.4 Å². The van der Waals surface area contributed by atoms with Crippen molar-refractivity contribution in [1.29, 1.82) is 0 Å². The molecule has 20 heavy (non-hydrogen) atoms. The number of nitrogens with zero attached hydrogens (tertiary/aromatic N) is 1. The highest BCUT2D eigenvalue weighted by molar-refractivity contribution is 5.76. The van der Waals surface area contributed by atoms with Crippen LogP contribution in [0.15, 0.2) is 0 Å². The Labute approximate surface area is 122 Å². The van der Waals surface area contributed by atoms with Gasteiger partial charge >= 0.3 is 5.97 Å². The second-order valence-corrected chi connectivity index (χ2v) is 5.25. The van der Waals surface area contributed by atoms with Gasteiger partial charge in [-0.1, -0.05) is 6.92 Å². The Kier molecular flexibility index (Phi) is 11.1. The third-order valence-corrected chi connectivity index (χ3v) is 3.53. The molecule has 118 valence electrons. The first kappa shape index (κ1) is 18.9. The molecular weight excluding hydrogens is 256 g/mol. The van der Waals surface area contributed by atoms with Gasteiger partial charge in [0.15, 0.2) is 0 Å². The van der Waals surface area contributed by atoms with Gasteiger partial charge in [0.2, 0.25) is 5.91 Å². The molecular formula is C15H30N2O3. The van der Waals surface area contributed by atoms with Crippen LogP contribution in [0.5, 0.6) is 0 Å². The van der Waals surface area contributed by atoms with Gasteiger partial charge in [0.05, 0.1) is 0 Å². The van der Waals surface area contributed by atoms with Crippen LogP contribution in [0, 0.1) is 5.92 Å². The van der Waals surface area contributed by atoms with Gasteiger partial charge in [-0.3, -0.25) is 9.59 Å². The summed E-state index contributed by atoms with van der Waals surface area (Å²) in [6.07, 6.45) is 3.43. The monoisotopic (exact) mass is 286 g/mol. The Balaban J connectivity index is 3.48. The summed E-state index contributed by atoms with van der Waals surface area (Å²) in [4.78, 5) is 24.0. The molecule has 0 spiro atoms. The van der Waals surface area contributed by atoms with Crippen LogP contribution >= 0.6 is 0 Å². The predicted octanol–water partition coefficient (Wildman–Crippen LogP) is 2.12.